The van der Waals surface area contributed by atoms with E-state index in [1.54, 1.807) is 0 Å². The van der Waals surface area contributed by atoms with Gasteiger partial charge in [-0.25, -0.2) is 4.39 Å². The number of methoxy groups -OCH3 is 1. The Morgan fingerprint density at radius 2 is 1.88 bits per heavy atom. The van der Waals surface area contributed by atoms with Gasteiger partial charge in [0.25, 0.3) is 0 Å². The highest BCUT2D eigenvalue weighted by Gasteiger charge is 2.54. The van der Waals surface area contributed by atoms with E-state index in [4.69, 9.17) is 15.0 Å². The van der Waals surface area contributed by atoms with Crippen LogP contribution in [-0.2, 0) is 15.0 Å². The number of nitrogens with zero attached hydrogens (tertiary/aromatic N) is 3. The molecular weight excluding hydrogens is 342 g/mol. The maximum atomic E-state index is 14.2. The van der Waals surface area contributed by atoms with Crippen LogP contribution >= 0.6 is 0 Å². The van der Waals surface area contributed by atoms with Gasteiger partial charge in [-0.15, -0.1) is 0 Å². The molecule has 3 atom stereocenters. The van der Waals surface area contributed by atoms with Crippen LogP contribution in [0.2, 0.25) is 0 Å². The molecule has 1 rings (SSSR count). The number of azide groups is 1. The molecule has 0 amide bonds. The third-order valence-corrected chi connectivity index (χ3v) is 3.87. The van der Waals surface area contributed by atoms with Crippen LogP contribution in [0.3, 0.4) is 0 Å². The molecule has 0 saturated carbocycles. The molecule has 0 fully saturated rings. The van der Waals surface area contributed by atoms with Gasteiger partial charge in [0.05, 0.1) is 0 Å². The van der Waals surface area contributed by atoms with E-state index >= 15 is 0 Å². The predicted octanol–water partition coefficient (Wildman–Crippen LogP) is 5.11. The number of halogens is 4. The maximum Gasteiger partial charge on any atom is 0.417 e. The van der Waals surface area contributed by atoms with Gasteiger partial charge in [0, 0.05) is 24.2 Å². The summed E-state index contributed by atoms with van der Waals surface area (Å²) in [6.07, 6.45) is -7.87. The Hall–Kier alpha value is -1.83. The SMILES string of the molecule is CCCCO[C@@H]([C@H](OC)[C@](C)(N=[N+]=[N-])c1ccccc1F)C(F)(F)F. The minimum atomic E-state index is -4.79. The molecule has 0 heterocycles. The Bertz CT molecular complexity index is 605. The van der Waals surface area contributed by atoms with Gasteiger partial charge in [0.2, 0.25) is 0 Å². The number of ether oxygens (including phenoxy) is 2. The monoisotopic (exact) mass is 363 g/mol. The fraction of sp³-hybridized carbons (Fsp3) is 0.625. The molecular formula is C16H21F4N3O2. The number of benzene rings is 1. The zero-order valence-electron chi connectivity index (χ0n) is 14.3. The number of unbranched alkanes of at least 4 members (excludes halogenated alkanes) is 1. The maximum absolute atomic E-state index is 14.2. The molecule has 0 saturated heterocycles. The number of alkyl halides is 3. The highest BCUT2D eigenvalue weighted by molar-refractivity contribution is 5.28. The average molecular weight is 363 g/mol. The number of rotatable bonds is 9. The summed E-state index contributed by atoms with van der Waals surface area (Å²) in [5, 5.41) is 3.46. The van der Waals surface area contributed by atoms with Crippen molar-refractivity contribution in [1.82, 2.24) is 0 Å². The fourth-order valence-corrected chi connectivity index (χ4v) is 2.58. The summed E-state index contributed by atoms with van der Waals surface area (Å²) in [6, 6.07) is 5.16. The predicted molar refractivity (Wildman–Crippen MR) is 84.4 cm³/mol. The summed E-state index contributed by atoms with van der Waals surface area (Å²) in [4.78, 5) is 2.61. The minimum Gasteiger partial charge on any atom is -0.377 e. The largest absolute Gasteiger partial charge is 0.417 e. The lowest BCUT2D eigenvalue weighted by Crippen LogP contribution is -2.52. The lowest BCUT2D eigenvalue weighted by atomic mass is 9.83. The van der Waals surface area contributed by atoms with E-state index in [1.165, 1.54) is 25.1 Å². The summed E-state index contributed by atoms with van der Waals surface area (Å²) in [6.45, 7) is 2.86. The Kier molecular flexibility index (Phi) is 7.66. The number of hydrogen-bond acceptors (Lipinski definition) is 3. The first kappa shape index (κ1) is 21.2. The van der Waals surface area contributed by atoms with Crippen LogP contribution in [0.1, 0.15) is 32.3 Å². The molecule has 0 radical (unpaired) electrons. The standard InChI is InChI=1S/C16H21F4N3O2/c1-4-5-10-25-14(16(18,19)20)13(24-3)15(2,22-23-21)11-8-6-7-9-12(11)17/h6-9,13-14H,4-5,10H2,1-3H3/t13-,14-,15+/m0/s1. The molecule has 0 aliphatic rings. The number of hydrogen-bond donors (Lipinski definition) is 0. The van der Waals surface area contributed by atoms with E-state index < -0.39 is 29.7 Å². The van der Waals surface area contributed by atoms with Crippen LogP contribution in [0, 0.1) is 5.82 Å². The van der Waals surface area contributed by atoms with Gasteiger partial charge >= 0.3 is 6.18 Å². The summed E-state index contributed by atoms with van der Waals surface area (Å²) in [5.74, 6) is -0.797. The second-order valence-corrected chi connectivity index (χ2v) is 5.66. The van der Waals surface area contributed by atoms with Crippen molar-refractivity contribution in [3.05, 3.63) is 46.1 Å². The highest BCUT2D eigenvalue weighted by Crippen LogP contribution is 2.40. The smallest absolute Gasteiger partial charge is 0.377 e. The van der Waals surface area contributed by atoms with Crippen molar-refractivity contribution < 1.29 is 27.0 Å². The summed E-state index contributed by atoms with van der Waals surface area (Å²) >= 11 is 0. The second-order valence-electron chi connectivity index (χ2n) is 5.66. The third-order valence-electron chi connectivity index (χ3n) is 3.87. The molecule has 0 aliphatic heterocycles. The molecule has 0 aliphatic carbocycles. The van der Waals surface area contributed by atoms with Crippen LogP contribution in [0.25, 0.3) is 10.4 Å². The summed E-state index contributed by atoms with van der Waals surface area (Å²) < 4.78 is 64.8. The minimum absolute atomic E-state index is 0.149. The Morgan fingerprint density at radius 1 is 1.24 bits per heavy atom. The molecule has 25 heavy (non-hydrogen) atoms. The molecule has 140 valence electrons. The van der Waals surface area contributed by atoms with Gasteiger partial charge in [-0.1, -0.05) is 36.7 Å². The van der Waals surface area contributed by atoms with Gasteiger partial charge in [0.15, 0.2) is 6.10 Å². The van der Waals surface area contributed by atoms with E-state index in [0.717, 1.165) is 13.2 Å². The lowest BCUT2D eigenvalue weighted by Gasteiger charge is -2.38. The lowest BCUT2D eigenvalue weighted by molar-refractivity contribution is -0.258. The molecule has 0 aromatic heterocycles. The van der Waals surface area contributed by atoms with Gasteiger partial charge in [-0.05, 0) is 24.9 Å². The molecule has 0 spiro atoms. The van der Waals surface area contributed by atoms with Crippen molar-refractivity contribution in [2.75, 3.05) is 13.7 Å². The first-order valence-electron chi connectivity index (χ1n) is 7.74. The topological polar surface area (TPSA) is 67.2 Å². The molecule has 0 N–H and O–H groups in total. The molecule has 1 aromatic rings. The van der Waals surface area contributed by atoms with Crippen LogP contribution in [-0.4, -0.2) is 32.1 Å². The molecule has 0 bridgehead atoms. The van der Waals surface area contributed by atoms with Gasteiger partial charge in [-0.2, -0.15) is 13.2 Å². The van der Waals surface area contributed by atoms with Crippen LogP contribution in [0.4, 0.5) is 17.6 Å². The van der Waals surface area contributed by atoms with Crippen molar-refractivity contribution >= 4 is 0 Å². The van der Waals surface area contributed by atoms with Crippen molar-refractivity contribution in [3.8, 4) is 0 Å². The van der Waals surface area contributed by atoms with Crippen LogP contribution < -0.4 is 0 Å². The molecule has 9 heteroatoms. The normalized spacial score (nSPS) is 16.6. The van der Waals surface area contributed by atoms with E-state index in [0.29, 0.717) is 12.8 Å². The van der Waals surface area contributed by atoms with E-state index in [-0.39, 0.29) is 12.2 Å². The third kappa shape index (κ3) is 5.07. The summed E-state index contributed by atoms with van der Waals surface area (Å²) in [7, 11) is 1.04. The Balaban J connectivity index is 3.41. The van der Waals surface area contributed by atoms with E-state index in [1.807, 2.05) is 6.92 Å². The molecule has 1 aromatic carbocycles. The second kappa shape index (κ2) is 9.03. The fourth-order valence-electron chi connectivity index (χ4n) is 2.58. The average Bonchev–Trinajstić information content (AvgIpc) is 2.53. The first-order chi connectivity index (χ1) is 11.7. The van der Waals surface area contributed by atoms with Crippen molar-refractivity contribution in [2.24, 2.45) is 5.11 Å². The van der Waals surface area contributed by atoms with Gasteiger partial charge < -0.3 is 9.47 Å². The van der Waals surface area contributed by atoms with Crippen molar-refractivity contribution in [2.45, 2.75) is 50.6 Å². The Labute approximate surface area is 143 Å². The molecule has 5 nitrogen and oxygen atoms in total. The van der Waals surface area contributed by atoms with E-state index in [9.17, 15) is 17.6 Å². The van der Waals surface area contributed by atoms with Crippen LogP contribution in [0.15, 0.2) is 29.4 Å². The van der Waals surface area contributed by atoms with Gasteiger partial charge in [0.1, 0.15) is 17.5 Å². The van der Waals surface area contributed by atoms with E-state index in [2.05, 4.69) is 10.0 Å². The zero-order valence-corrected chi connectivity index (χ0v) is 14.3. The first-order valence-corrected chi connectivity index (χ1v) is 7.74. The highest BCUT2D eigenvalue weighted by atomic mass is 19.4. The van der Waals surface area contributed by atoms with Crippen molar-refractivity contribution in [1.29, 1.82) is 0 Å². The molecule has 0 unspecified atom stereocenters. The van der Waals surface area contributed by atoms with Gasteiger partial charge in [-0.3, -0.25) is 0 Å². The quantitative estimate of drug-likeness (QED) is 0.201. The summed E-state index contributed by atoms with van der Waals surface area (Å²) in [5.41, 5.74) is 6.70. The Morgan fingerprint density at radius 3 is 2.36 bits per heavy atom. The van der Waals surface area contributed by atoms with Crippen LogP contribution in [0.5, 0.6) is 0 Å². The zero-order chi connectivity index (χ0) is 19.1. The van der Waals surface area contributed by atoms with Crippen molar-refractivity contribution in [3.63, 3.8) is 0 Å².